The molecule has 7 heteroatoms. The van der Waals surface area contributed by atoms with Crippen LogP contribution in [-0.4, -0.2) is 41.4 Å². The third kappa shape index (κ3) is 4.42. The van der Waals surface area contributed by atoms with E-state index in [1.807, 2.05) is 13.8 Å². The Morgan fingerprint density at radius 1 is 1.38 bits per heavy atom. The number of hydrogen-bond donors (Lipinski definition) is 3. The van der Waals surface area contributed by atoms with E-state index in [-0.39, 0.29) is 11.9 Å². The Morgan fingerprint density at radius 2 is 2.15 bits per heavy atom. The molecule has 1 amide bonds. The van der Waals surface area contributed by atoms with Gasteiger partial charge in [0.05, 0.1) is 23.4 Å². The minimum absolute atomic E-state index is 0.199. The molecule has 1 saturated heterocycles. The molecule has 2 heterocycles. The Balaban J connectivity index is 1.57. The lowest BCUT2D eigenvalue weighted by Crippen LogP contribution is -2.47. The number of ether oxygens (including phenoxy) is 1. The highest BCUT2D eigenvalue weighted by Crippen LogP contribution is 2.18. The van der Waals surface area contributed by atoms with Crippen molar-refractivity contribution >= 4 is 5.91 Å². The van der Waals surface area contributed by atoms with Gasteiger partial charge in [-0.15, -0.1) is 0 Å². The van der Waals surface area contributed by atoms with Crippen molar-refractivity contribution in [2.75, 3.05) is 13.1 Å². The number of carbonyl (C=O) groups is 1. The first kappa shape index (κ1) is 18.4. The van der Waals surface area contributed by atoms with Gasteiger partial charge in [0.15, 0.2) is 0 Å². The van der Waals surface area contributed by atoms with Crippen molar-refractivity contribution in [2.24, 2.45) is 0 Å². The van der Waals surface area contributed by atoms with Crippen LogP contribution in [-0.2, 0) is 6.61 Å². The summed E-state index contributed by atoms with van der Waals surface area (Å²) >= 11 is 0. The van der Waals surface area contributed by atoms with Crippen LogP contribution in [0.2, 0.25) is 0 Å². The van der Waals surface area contributed by atoms with Gasteiger partial charge in [-0.1, -0.05) is 5.16 Å². The maximum Gasteiger partial charge on any atom is 0.251 e. The molecule has 0 spiro atoms. The van der Waals surface area contributed by atoms with Crippen LogP contribution in [0, 0.1) is 13.8 Å². The summed E-state index contributed by atoms with van der Waals surface area (Å²) in [4.78, 5) is 12.4. The number of rotatable bonds is 5. The van der Waals surface area contributed by atoms with Crippen LogP contribution in [0.4, 0.5) is 0 Å². The average Bonchev–Trinajstić information content (AvgIpc) is 2.82. The predicted molar refractivity (Wildman–Crippen MR) is 96.1 cm³/mol. The summed E-state index contributed by atoms with van der Waals surface area (Å²) in [5, 5.41) is 20.1. The van der Waals surface area contributed by atoms with Gasteiger partial charge in [0, 0.05) is 12.1 Å². The number of carbonyl (C=O) groups excluding carboxylic acids is 1. The van der Waals surface area contributed by atoms with Crippen LogP contribution in [0.15, 0.2) is 28.8 Å². The fourth-order valence-corrected chi connectivity index (χ4v) is 3.00. The highest BCUT2D eigenvalue weighted by molar-refractivity contribution is 5.94. The molecule has 1 aliphatic rings. The van der Waals surface area contributed by atoms with Gasteiger partial charge in [-0.05, 0) is 57.5 Å². The Hall–Kier alpha value is -2.38. The van der Waals surface area contributed by atoms with Gasteiger partial charge in [-0.25, -0.2) is 0 Å². The zero-order valence-corrected chi connectivity index (χ0v) is 15.1. The molecule has 1 aromatic heterocycles. The van der Waals surface area contributed by atoms with Crippen molar-refractivity contribution in [3.05, 3.63) is 46.8 Å². The fraction of sp³-hybridized carbons (Fsp3) is 0.474. The molecule has 0 aliphatic carbocycles. The van der Waals surface area contributed by atoms with Crippen LogP contribution in [0.1, 0.15) is 40.2 Å². The van der Waals surface area contributed by atoms with E-state index in [0.29, 0.717) is 30.9 Å². The molecule has 2 aromatic rings. The SMILES string of the molecule is Cc1noc(C)c1COc1ccc(C(=O)N[C@@H]2CNCCC[C@H]2O)cc1. The van der Waals surface area contributed by atoms with Gasteiger partial charge in [0.2, 0.25) is 0 Å². The second-order valence-electron chi connectivity index (χ2n) is 6.61. The second kappa shape index (κ2) is 8.33. The number of aliphatic hydroxyl groups excluding tert-OH is 1. The van der Waals surface area contributed by atoms with E-state index < -0.39 is 6.10 Å². The summed E-state index contributed by atoms with van der Waals surface area (Å²) in [5.41, 5.74) is 2.28. The van der Waals surface area contributed by atoms with E-state index in [9.17, 15) is 9.90 Å². The Labute approximate surface area is 152 Å². The summed E-state index contributed by atoms with van der Waals surface area (Å²) in [6.45, 7) is 5.53. The molecule has 26 heavy (non-hydrogen) atoms. The Morgan fingerprint density at radius 3 is 2.85 bits per heavy atom. The van der Waals surface area contributed by atoms with Gasteiger partial charge < -0.3 is 25.0 Å². The van der Waals surface area contributed by atoms with E-state index in [1.54, 1.807) is 24.3 Å². The molecule has 3 N–H and O–H groups in total. The maximum absolute atomic E-state index is 12.4. The van der Waals surface area contributed by atoms with Crippen molar-refractivity contribution in [3.63, 3.8) is 0 Å². The van der Waals surface area contributed by atoms with Crippen LogP contribution in [0.3, 0.4) is 0 Å². The topological polar surface area (TPSA) is 96.6 Å². The number of aromatic nitrogens is 1. The molecule has 7 nitrogen and oxygen atoms in total. The standard InChI is InChI=1S/C19H25N3O4/c1-12-16(13(2)26-22-12)11-25-15-7-5-14(6-8-15)19(24)21-17-10-20-9-3-4-18(17)23/h5-8,17-18,20,23H,3-4,9-11H2,1-2H3,(H,21,24)/t17-,18-/m1/s1. The monoisotopic (exact) mass is 359 g/mol. The highest BCUT2D eigenvalue weighted by atomic mass is 16.5. The van der Waals surface area contributed by atoms with Crippen LogP contribution < -0.4 is 15.4 Å². The van der Waals surface area contributed by atoms with Gasteiger partial charge in [-0.3, -0.25) is 4.79 Å². The van der Waals surface area contributed by atoms with Gasteiger partial charge in [0.25, 0.3) is 5.91 Å². The number of hydrogen-bond acceptors (Lipinski definition) is 6. The first-order chi connectivity index (χ1) is 12.5. The fourth-order valence-electron chi connectivity index (χ4n) is 3.00. The smallest absolute Gasteiger partial charge is 0.251 e. The highest BCUT2D eigenvalue weighted by Gasteiger charge is 2.23. The minimum atomic E-state index is -0.522. The van der Waals surface area contributed by atoms with Crippen molar-refractivity contribution in [1.29, 1.82) is 0 Å². The Bertz CT molecular complexity index is 722. The van der Waals surface area contributed by atoms with E-state index in [1.165, 1.54) is 0 Å². The lowest BCUT2D eigenvalue weighted by molar-refractivity contribution is 0.0832. The zero-order valence-electron chi connectivity index (χ0n) is 15.1. The minimum Gasteiger partial charge on any atom is -0.489 e. The molecule has 140 valence electrons. The maximum atomic E-state index is 12.4. The molecule has 3 rings (SSSR count). The van der Waals surface area contributed by atoms with Crippen molar-refractivity contribution in [2.45, 2.75) is 45.4 Å². The van der Waals surface area contributed by atoms with Gasteiger partial charge in [0.1, 0.15) is 18.1 Å². The molecule has 0 bridgehead atoms. The number of aryl methyl sites for hydroxylation is 2. The Kier molecular flexibility index (Phi) is 5.90. The summed E-state index contributed by atoms with van der Waals surface area (Å²) in [6.07, 6.45) is 1.07. The summed E-state index contributed by atoms with van der Waals surface area (Å²) in [6, 6.07) is 6.67. The number of benzene rings is 1. The van der Waals surface area contributed by atoms with E-state index in [0.717, 1.165) is 30.0 Å². The van der Waals surface area contributed by atoms with Crippen LogP contribution in [0.5, 0.6) is 5.75 Å². The molecule has 1 fully saturated rings. The third-order valence-electron chi connectivity index (χ3n) is 4.68. The molecular formula is C19H25N3O4. The quantitative estimate of drug-likeness (QED) is 0.752. The molecule has 1 aliphatic heterocycles. The number of aliphatic hydroxyl groups is 1. The van der Waals surface area contributed by atoms with Gasteiger partial charge in [-0.2, -0.15) is 0 Å². The molecule has 0 unspecified atom stereocenters. The van der Waals surface area contributed by atoms with Gasteiger partial charge >= 0.3 is 0 Å². The predicted octanol–water partition coefficient (Wildman–Crippen LogP) is 1.71. The number of amides is 1. The summed E-state index contributed by atoms with van der Waals surface area (Å²) in [7, 11) is 0. The largest absolute Gasteiger partial charge is 0.489 e. The first-order valence-electron chi connectivity index (χ1n) is 8.89. The zero-order chi connectivity index (χ0) is 18.5. The van der Waals surface area contributed by atoms with Crippen molar-refractivity contribution < 1.29 is 19.2 Å². The first-order valence-corrected chi connectivity index (χ1v) is 8.89. The second-order valence-corrected chi connectivity index (χ2v) is 6.61. The van der Waals surface area contributed by atoms with Crippen molar-refractivity contribution in [1.82, 2.24) is 15.8 Å². The number of nitrogens with zero attached hydrogens (tertiary/aromatic N) is 1. The normalized spacial score (nSPS) is 20.4. The van der Waals surface area contributed by atoms with E-state index in [2.05, 4.69) is 15.8 Å². The summed E-state index contributed by atoms with van der Waals surface area (Å²) < 4.78 is 10.9. The summed E-state index contributed by atoms with van der Waals surface area (Å²) in [5.74, 6) is 1.21. The van der Waals surface area contributed by atoms with E-state index in [4.69, 9.17) is 9.26 Å². The van der Waals surface area contributed by atoms with Crippen LogP contribution in [0.25, 0.3) is 0 Å². The molecule has 2 atom stereocenters. The van der Waals surface area contributed by atoms with E-state index >= 15 is 0 Å². The lowest BCUT2D eigenvalue weighted by atomic mass is 10.1. The molecular weight excluding hydrogens is 334 g/mol. The molecule has 0 saturated carbocycles. The lowest BCUT2D eigenvalue weighted by Gasteiger charge is -2.21. The number of nitrogens with one attached hydrogen (secondary N) is 2. The third-order valence-corrected chi connectivity index (χ3v) is 4.68. The van der Waals surface area contributed by atoms with Crippen LogP contribution >= 0.6 is 0 Å². The molecule has 1 aromatic carbocycles. The molecule has 0 radical (unpaired) electrons. The average molecular weight is 359 g/mol. The van der Waals surface area contributed by atoms with Crippen molar-refractivity contribution in [3.8, 4) is 5.75 Å².